The average Bonchev–Trinajstić information content (AvgIpc) is 2.83. The summed E-state index contributed by atoms with van der Waals surface area (Å²) in [5, 5.41) is 4.53. The lowest BCUT2D eigenvalue weighted by molar-refractivity contribution is -0.517. The maximum atomic E-state index is 11.7. The SMILES string of the molecule is CCCCCCCCCCCCCCCCCCCCCCOC(=O)C(=O)OOOC(C)(C)CC(C)(C)C. The molecule has 226 valence electrons. The van der Waals surface area contributed by atoms with Gasteiger partial charge in [0.1, 0.15) is 5.60 Å². The van der Waals surface area contributed by atoms with Gasteiger partial charge >= 0.3 is 11.9 Å². The highest BCUT2D eigenvalue weighted by Gasteiger charge is 2.29. The minimum Gasteiger partial charge on any atom is -0.457 e. The van der Waals surface area contributed by atoms with Gasteiger partial charge in [-0.3, -0.25) is 4.89 Å². The summed E-state index contributed by atoms with van der Waals surface area (Å²) in [4.78, 5) is 32.9. The van der Waals surface area contributed by atoms with E-state index in [2.05, 4.69) is 37.6 Å². The minimum atomic E-state index is -1.20. The molecular formula is C32H62O6. The Balaban J connectivity index is 3.40. The Morgan fingerprint density at radius 2 is 0.895 bits per heavy atom. The zero-order valence-corrected chi connectivity index (χ0v) is 26.0. The predicted molar refractivity (Wildman–Crippen MR) is 155 cm³/mol. The molecule has 0 rings (SSSR count). The van der Waals surface area contributed by atoms with Gasteiger partial charge in [0.2, 0.25) is 0 Å². The van der Waals surface area contributed by atoms with Gasteiger partial charge in [0.05, 0.1) is 6.61 Å². The topological polar surface area (TPSA) is 71.1 Å². The van der Waals surface area contributed by atoms with Crippen LogP contribution in [0.25, 0.3) is 0 Å². The van der Waals surface area contributed by atoms with Crippen molar-refractivity contribution in [1.29, 1.82) is 0 Å². The van der Waals surface area contributed by atoms with Gasteiger partial charge in [0.15, 0.2) is 0 Å². The van der Waals surface area contributed by atoms with E-state index in [1.165, 1.54) is 109 Å². The fourth-order valence-electron chi connectivity index (χ4n) is 5.06. The second kappa shape index (κ2) is 23.7. The Morgan fingerprint density at radius 3 is 1.26 bits per heavy atom. The molecule has 0 aliphatic carbocycles. The van der Waals surface area contributed by atoms with Crippen molar-refractivity contribution < 1.29 is 29.1 Å². The van der Waals surface area contributed by atoms with E-state index in [9.17, 15) is 9.59 Å². The quantitative estimate of drug-likeness (QED) is 0.0376. The lowest BCUT2D eigenvalue weighted by atomic mass is 9.84. The highest BCUT2D eigenvalue weighted by Crippen LogP contribution is 2.29. The summed E-state index contributed by atoms with van der Waals surface area (Å²) >= 11 is 0. The molecule has 0 heterocycles. The molecule has 0 aromatic carbocycles. The van der Waals surface area contributed by atoms with Crippen LogP contribution < -0.4 is 0 Å². The van der Waals surface area contributed by atoms with Crippen molar-refractivity contribution in [2.45, 2.75) is 182 Å². The number of carbonyl (C=O) groups is 2. The molecule has 0 saturated heterocycles. The smallest absolute Gasteiger partial charge is 0.453 e. The summed E-state index contributed by atoms with van der Waals surface area (Å²) in [7, 11) is 0. The maximum absolute atomic E-state index is 11.7. The Hall–Kier alpha value is -1.14. The third kappa shape index (κ3) is 26.5. The summed E-state index contributed by atoms with van der Waals surface area (Å²) in [6.07, 6.45) is 27.0. The minimum absolute atomic E-state index is 0.0156. The van der Waals surface area contributed by atoms with Crippen LogP contribution in [0.1, 0.15) is 176 Å². The van der Waals surface area contributed by atoms with Gasteiger partial charge in [-0.25, -0.2) is 9.59 Å². The molecular weight excluding hydrogens is 480 g/mol. The van der Waals surface area contributed by atoms with Gasteiger partial charge in [-0.1, -0.05) is 150 Å². The lowest BCUT2D eigenvalue weighted by Crippen LogP contribution is -2.31. The fraction of sp³-hybridized carbons (Fsp3) is 0.938. The van der Waals surface area contributed by atoms with Crippen molar-refractivity contribution in [2.75, 3.05) is 6.61 Å². The van der Waals surface area contributed by atoms with Crippen LogP contribution in [0.4, 0.5) is 0 Å². The Kier molecular flexibility index (Phi) is 23.0. The van der Waals surface area contributed by atoms with E-state index in [4.69, 9.17) is 9.62 Å². The second-order valence-electron chi connectivity index (χ2n) is 12.9. The number of hydrogen-bond acceptors (Lipinski definition) is 6. The third-order valence-corrected chi connectivity index (χ3v) is 6.72. The Labute approximate surface area is 235 Å². The zero-order valence-electron chi connectivity index (χ0n) is 26.0. The van der Waals surface area contributed by atoms with Gasteiger partial charge in [0, 0.05) is 0 Å². The van der Waals surface area contributed by atoms with Gasteiger partial charge in [-0.15, -0.1) is 0 Å². The summed E-state index contributed by atoms with van der Waals surface area (Å²) in [6.45, 7) is 12.4. The van der Waals surface area contributed by atoms with Crippen LogP contribution in [0.2, 0.25) is 0 Å². The normalized spacial score (nSPS) is 12.1. The number of rotatable bonds is 25. The summed E-state index contributed by atoms with van der Waals surface area (Å²) in [5.41, 5.74) is -0.642. The molecule has 0 N–H and O–H groups in total. The van der Waals surface area contributed by atoms with Crippen LogP contribution in [0.3, 0.4) is 0 Å². The zero-order chi connectivity index (χ0) is 28.5. The molecule has 0 atom stereocenters. The first kappa shape index (κ1) is 36.9. The molecule has 0 aliphatic rings. The van der Waals surface area contributed by atoms with E-state index in [1.54, 1.807) is 0 Å². The molecule has 0 unspecified atom stereocenters. The first-order chi connectivity index (χ1) is 18.1. The van der Waals surface area contributed by atoms with E-state index < -0.39 is 17.5 Å². The van der Waals surface area contributed by atoms with Gasteiger partial charge in [-0.2, -0.15) is 4.89 Å². The molecule has 38 heavy (non-hydrogen) atoms. The number of unbranched alkanes of at least 4 members (excludes halogenated alkanes) is 19. The Morgan fingerprint density at radius 1 is 0.526 bits per heavy atom. The van der Waals surface area contributed by atoms with Crippen LogP contribution in [-0.2, 0) is 29.1 Å². The number of hydrogen-bond donors (Lipinski definition) is 0. The van der Waals surface area contributed by atoms with Crippen molar-refractivity contribution in [3.05, 3.63) is 0 Å². The van der Waals surface area contributed by atoms with Gasteiger partial charge < -0.3 is 4.74 Å². The van der Waals surface area contributed by atoms with Crippen molar-refractivity contribution in [3.8, 4) is 0 Å². The average molecular weight is 543 g/mol. The number of esters is 1. The van der Waals surface area contributed by atoms with E-state index in [-0.39, 0.29) is 12.0 Å². The lowest BCUT2D eigenvalue weighted by Gasteiger charge is -2.29. The molecule has 0 radical (unpaired) electrons. The molecule has 0 aromatic heterocycles. The summed E-state index contributed by atoms with van der Waals surface area (Å²) < 4.78 is 4.96. The van der Waals surface area contributed by atoms with Crippen molar-refractivity contribution in [3.63, 3.8) is 0 Å². The third-order valence-electron chi connectivity index (χ3n) is 6.72. The molecule has 0 aliphatic heterocycles. The van der Waals surface area contributed by atoms with E-state index in [0.717, 1.165) is 19.3 Å². The maximum Gasteiger partial charge on any atom is 0.453 e. The van der Waals surface area contributed by atoms with Crippen LogP contribution in [0.5, 0.6) is 0 Å². The van der Waals surface area contributed by atoms with Crippen molar-refractivity contribution in [1.82, 2.24) is 0 Å². The molecule has 0 saturated carbocycles. The van der Waals surface area contributed by atoms with Crippen LogP contribution >= 0.6 is 0 Å². The molecule has 6 heteroatoms. The first-order valence-electron chi connectivity index (χ1n) is 15.8. The van der Waals surface area contributed by atoms with Crippen LogP contribution in [-0.4, -0.2) is 24.1 Å². The van der Waals surface area contributed by atoms with E-state index in [0.29, 0.717) is 6.42 Å². The molecule has 6 nitrogen and oxygen atoms in total. The monoisotopic (exact) mass is 542 g/mol. The summed E-state index contributed by atoms with van der Waals surface area (Å²) in [5.74, 6) is -2.26. The van der Waals surface area contributed by atoms with E-state index in [1.807, 2.05) is 13.8 Å². The molecule has 0 fully saturated rings. The summed E-state index contributed by atoms with van der Waals surface area (Å²) in [6, 6.07) is 0. The van der Waals surface area contributed by atoms with Crippen molar-refractivity contribution >= 4 is 11.9 Å². The predicted octanol–water partition coefficient (Wildman–Crippen LogP) is 9.97. The van der Waals surface area contributed by atoms with Gasteiger partial charge in [-0.05, 0) is 37.1 Å². The standard InChI is InChI=1S/C32H62O6/c1-7-8-9-10-11-12-13-14-15-16-17-18-19-20-21-22-23-24-25-26-27-35-29(33)30(34)36-38-37-32(5,6)28-31(2,3)4/h7-28H2,1-6H3. The molecule has 0 amide bonds. The molecule has 0 aromatic rings. The fourth-order valence-corrected chi connectivity index (χ4v) is 5.06. The van der Waals surface area contributed by atoms with E-state index >= 15 is 0 Å². The highest BCUT2D eigenvalue weighted by atomic mass is 17.5. The molecule has 0 bridgehead atoms. The number of carbonyl (C=O) groups excluding carboxylic acids is 2. The first-order valence-corrected chi connectivity index (χ1v) is 15.8. The van der Waals surface area contributed by atoms with Crippen molar-refractivity contribution in [2.24, 2.45) is 5.41 Å². The van der Waals surface area contributed by atoms with Crippen LogP contribution in [0.15, 0.2) is 0 Å². The number of ether oxygens (including phenoxy) is 1. The van der Waals surface area contributed by atoms with Crippen LogP contribution in [0, 0.1) is 5.41 Å². The molecule has 0 spiro atoms. The Bertz CT molecular complexity index is 567. The second-order valence-corrected chi connectivity index (χ2v) is 12.9. The highest BCUT2D eigenvalue weighted by molar-refractivity contribution is 6.29. The largest absolute Gasteiger partial charge is 0.457 e. The van der Waals surface area contributed by atoms with Gasteiger partial charge in [0.25, 0.3) is 0 Å².